The van der Waals surface area contributed by atoms with Crippen molar-refractivity contribution in [2.45, 2.75) is 50.3 Å². The summed E-state index contributed by atoms with van der Waals surface area (Å²) in [5.74, 6) is 0. The third-order valence-electron chi connectivity index (χ3n) is 3.33. The number of ether oxygens (including phenoxy) is 1. The second-order valence-electron chi connectivity index (χ2n) is 5.55. The Bertz CT molecular complexity index is 537. The van der Waals surface area contributed by atoms with Gasteiger partial charge in [-0.05, 0) is 24.5 Å². The Morgan fingerprint density at radius 2 is 2.05 bits per heavy atom. The second kappa shape index (κ2) is 7.31. The molecule has 0 radical (unpaired) electrons. The maximum absolute atomic E-state index is 12.2. The molecule has 0 spiro atoms. The summed E-state index contributed by atoms with van der Waals surface area (Å²) in [6.07, 6.45) is 3.01. The Hall–Kier alpha value is -1.02. The van der Waals surface area contributed by atoms with E-state index in [1.807, 2.05) is 0 Å². The predicted molar refractivity (Wildman–Crippen MR) is 80.4 cm³/mol. The minimum Gasteiger partial charge on any atom is -0.381 e. The first-order valence-electron chi connectivity index (χ1n) is 7.26. The molecule has 0 saturated carbocycles. The van der Waals surface area contributed by atoms with Crippen LogP contribution in [-0.4, -0.2) is 38.7 Å². The Balaban J connectivity index is 1.99. The van der Waals surface area contributed by atoms with Gasteiger partial charge >= 0.3 is 0 Å². The van der Waals surface area contributed by atoms with Crippen molar-refractivity contribution in [3.8, 4) is 0 Å². The molecule has 0 unspecified atom stereocenters. The van der Waals surface area contributed by atoms with Crippen molar-refractivity contribution in [1.82, 2.24) is 15.0 Å². The molecule has 1 aliphatic rings. The van der Waals surface area contributed by atoms with Gasteiger partial charge in [-0.3, -0.25) is 0 Å². The van der Waals surface area contributed by atoms with Crippen LogP contribution >= 0.6 is 0 Å². The van der Waals surface area contributed by atoms with Crippen LogP contribution in [0.25, 0.3) is 0 Å². The number of nitrogens with one attached hydrogen (secondary N) is 2. The van der Waals surface area contributed by atoms with Crippen LogP contribution in [0.2, 0.25) is 0 Å². The minimum atomic E-state index is -3.55. The van der Waals surface area contributed by atoms with Crippen molar-refractivity contribution in [2.75, 3.05) is 13.2 Å². The second-order valence-corrected chi connectivity index (χ2v) is 7.21. The molecule has 1 aromatic rings. The number of sulfonamides is 1. The van der Waals surface area contributed by atoms with Gasteiger partial charge in [0.05, 0.1) is 0 Å². The molecular weight excluding hydrogens is 290 g/mol. The van der Waals surface area contributed by atoms with E-state index < -0.39 is 10.0 Å². The highest BCUT2D eigenvalue weighted by atomic mass is 32.2. The number of pyridine rings is 1. The van der Waals surface area contributed by atoms with Crippen LogP contribution in [0.4, 0.5) is 0 Å². The van der Waals surface area contributed by atoms with E-state index in [-0.39, 0.29) is 11.1 Å². The normalized spacial score (nSPS) is 17.3. The van der Waals surface area contributed by atoms with E-state index >= 15 is 0 Å². The molecule has 0 aliphatic carbocycles. The standard InChI is InChI=1S/C14H23N3O3S/c1-11(2)15-9-12-3-4-14(16-10-12)21(18,19)17-13-5-7-20-8-6-13/h3-4,10-11,13,15,17H,5-9H2,1-2H3. The molecule has 1 fully saturated rings. The van der Waals surface area contributed by atoms with Crippen LogP contribution in [0, 0.1) is 0 Å². The summed E-state index contributed by atoms with van der Waals surface area (Å²) in [5.41, 5.74) is 0.966. The van der Waals surface area contributed by atoms with Crippen LogP contribution in [0.3, 0.4) is 0 Å². The van der Waals surface area contributed by atoms with Gasteiger partial charge in [0.1, 0.15) is 0 Å². The molecular formula is C14H23N3O3S. The van der Waals surface area contributed by atoms with Crippen LogP contribution in [0.15, 0.2) is 23.4 Å². The average molecular weight is 313 g/mol. The third-order valence-corrected chi connectivity index (χ3v) is 4.77. The third kappa shape index (κ3) is 5.03. The van der Waals surface area contributed by atoms with Gasteiger partial charge in [-0.1, -0.05) is 19.9 Å². The van der Waals surface area contributed by atoms with E-state index in [4.69, 9.17) is 4.74 Å². The average Bonchev–Trinajstić information content (AvgIpc) is 2.46. The van der Waals surface area contributed by atoms with Crippen LogP contribution in [0.5, 0.6) is 0 Å². The molecule has 2 N–H and O–H groups in total. The van der Waals surface area contributed by atoms with Gasteiger partial charge in [-0.2, -0.15) is 0 Å². The summed E-state index contributed by atoms with van der Waals surface area (Å²) in [5, 5.41) is 3.34. The monoisotopic (exact) mass is 313 g/mol. The fraction of sp³-hybridized carbons (Fsp3) is 0.643. The zero-order valence-electron chi connectivity index (χ0n) is 12.5. The number of hydrogen-bond acceptors (Lipinski definition) is 5. The Morgan fingerprint density at radius 1 is 1.33 bits per heavy atom. The SMILES string of the molecule is CC(C)NCc1ccc(S(=O)(=O)NC2CCOCC2)nc1. The molecule has 0 amide bonds. The molecule has 0 bridgehead atoms. The van der Waals surface area contributed by atoms with Crippen LogP contribution < -0.4 is 10.0 Å². The zero-order chi connectivity index (χ0) is 15.3. The molecule has 0 aromatic carbocycles. The zero-order valence-corrected chi connectivity index (χ0v) is 13.3. The maximum Gasteiger partial charge on any atom is 0.258 e. The number of nitrogens with zero attached hydrogens (tertiary/aromatic N) is 1. The van der Waals surface area contributed by atoms with Crippen molar-refractivity contribution in [3.05, 3.63) is 23.9 Å². The first kappa shape index (κ1) is 16.4. The fourth-order valence-electron chi connectivity index (χ4n) is 2.09. The largest absolute Gasteiger partial charge is 0.381 e. The smallest absolute Gasteiger partial charge is 0.258 e. The topological polar surface area (TPSA) is 80.3 Å². The molecule has 2 heterocycles. The molecule has 1 aromatic heterocycles. The summed E-state index contributed by atoms with van der Waals surface area (Å²) < 4.78 is 32.4. The van der Waals surface area contributed by atoms with Gasteiger partial charge in [-0.25, -0.2) is 18.1 Å². The van der Waals surface area contributed by atoms with Crippen molar-refractivity contribution in [1.29, 1.82) is 0 Å². The summed E-state index contributed by atoms with van der Waals surface area (Å²) in [6, 6.07) is 3.66. The molecule has 21 heavy (non-hydrogen) atoms. The van der Waals surface area contributed by atoms with Crippen molar-refractivity contribution in [3.63, 3.8) is 0 Å². The highest BCUT2D eigenvalue weighted by Gasteiger charge is 2.22. The fourth-order valence-corrected chi connectivity index (χ4v) is 3.33. The molecule has 0 atom stereocenters. The Labute approximate surface area is 126 Å². The lowest BCUT2D eigenvalue weighted by atomic mass is 10.1. The highest BCUT2D eigenvalue weighted by molar-refractivity contribution is 7.89. The lowest BCUT2D eigenvalue weighted by Crippen LogP contribution is -2.39. The molecule has 118 valence electrons. The molecule has 6 nitrogen and oxygen atoms in total. The van der Waals surface area contributed by atoms with E-state index in [9.17, 15) is 8.42 Å². The van der Waals surface area contributed by atoms with Crippen LogP contribution in [-0.2, 0) is 21.3 Å². The van der Waals surface area contributed by atoms with Gasteiger partial charge in [0.2, 0.25) is 0 Å². The van der Waals surface area contributed by atoms with Gasteiger partial charge < -0.3 is 10.1 Å². The molecule has 1 saturated heterocycles. The van der Waals surface area contributed by atoms with E-state index in [2.05, 4.69) is 28.9 Å². The van der Waals surface area contributed by atoms with Crippen molar-refractivity contribution >= 4 is 10.0 Å². The lowest BCUT2D eigenvalue weighted by Gasteiger charge is -2.22. The number of aromatic nitrogens is 1. The first-order chi connectivity index (χ1) is 9.97. The van der Waals surface area contributed by atoms with E-state index in [1.54, 1.807) is 18.3 Å². The lowest BCUT2D eigenvalue weighted by molar-refractivity contribution is 0.0832. The van der Waals surface area contributed by atoms with E-state index in [0.717, 1.165) is 5.56 Å². The number of rotatable bonds is 6. The van der Waals surface area contributed by atoms with Gasteiger partial charge in [0.25, 0.3) is 10.0 Å². The molecule has 7 heteroatoms. The minimum absolute atomic E-state index is 0.0622. The summed E-state index contributed by atoms with van der Waals surface area (Å²) >= 11 is 0. The van der Waals surface area contributed by atoms with Gasteiger partial charge in [-0.15, -0.1) is 0 Å². The van der Waals surface area contributed by atoms with E-state index in [0.29, 0.717) is 38.6 Å². The molecule has 1 aliphatic heterocycles. The Morgan fingerprint density at radius 3 is 2.62 bits per heavy atom. The van der Waals surface area contributed by atoms with Gasteiger partial charge in [0.15, 0.2) is 5.03 Å². The predicted octanol–water partition coefficient (Wildman–Crippen LogP) is 1.04. The quantitative estimate of drug-likeness (QED) is 0.820. The molecule has 2 rings (SSSR count). The maximum atomic E-state index is 12.2. The van der Waals surface area contributed by atoms with E-state index in [1.165, 1.54) is 0 Å². The Kier molecular flexibility index (Phi) is 5.69. The first-order valence-corrected chi connectivity index (χ1v) is 8.74. The van der Waals surface area contributed by atoms with Crippen LogP contribution in [0.1, 0.15) is 32.3 Å². The van der Waals surface area contributed by atoms with Crippen molar-refractivity contribution in [2.24, 2.45) is 0 Å². The number of hydrogen-bond donors (Lipinski definition) is 2. The van der Waals surface area contributed by atoms with Crippen molar-refractivity contribution < 1.29 is 13.2 Å². The summed E-state index contributed by atoms with van der Waals surface area (Å²) in [6.45, 7) is 5.99. The summed E-state index contributed by atoms with van der Waals surface area (Å²) in [4.78, 5) is 4.07. The summed E-state index contributed by atoms with van der Waals surface area (Å²) in [7, 11) is -3.55. The van der Waals surface area contributed by atoms with Gasteiger partial charge in [0, 0.05) is 38.0 Å². The highest BCUT2D eigenvalue weighted by Crippen LogP contribution is 2.12.